The molecule has 0 spiro atoms. The number of rotatable bonds is 5. The quantitative estimate of drug-likeness (QED) is 0.723. The Morgan fingerprint density at radius 1 is 1.36 bits per heavy atom. The summed E-state index contributed by atoms with van der Waals surface area (Å²) < 4.78 is 5.10. The van der Waals surface area contributed by atoms with Crippen molar-refractivity contribution in [3.05, 3.63) is 47.8 Å². The zero-order valence-corrected chi connectivity index (χ0v) is 14.4. The van der Waals surface area contributed by atoms with Crippen molar-refractivity contribution >= 4 is 16.7 Å². The number of Topliss-reactive ketones (excluding diaryl/α,β-unsaturated/α-hetero) is 1. The molecule has 2 aromatic heterocycles. The highest BCUT2D eigenvalue weighted by molar-refractivity contribution is 6.00. The van der Waals surface area contributed by atoms with Gasteiger partial charge < -0.3 is 14.3 Å². The lowest BCUT2D eigenvalue weighted by atomic mass is 9.89. The van der Waals surface area contributed by atoms with Crippen LogP contribution < -0.4 is 0 Å². The summed E-state index contributed by atoms with van der Waals surface area (Å²) in [6.45, 7) is 2.25. The van der Waals surface area contributed by atoms with Gasteiger partial charge in [-0.1, -0.05) is 0 Å². The Morgan fingerprint density at radius 3 is 2.96 bits per heavy atom. The number of likely N-dealkylation sites (tertiary alicyclic amines) is 1. The highest BCUT2D eigenvalue weighted by Crippen LogP contribution is 2.33. The van der Waals surface area contributed by atoms with Crippen LogP contribution in [0.2, 0.25) is 0 Å². The van der Waals surface area contributed by atoms with E-state index in [1.165, 1.54) is 30.2 Å². The van der Waals surface area contributed by atoms with E-state index in [-0.39, 0.29) is 5.78 Å². The smallest absolute Gasteiger partial charge is 0.216 e. The number of hydrogen-bond donors (Lipinski definition) is 1. The first kappa shape index (κ1) is 16.0. The van der Waals surface area contributed by atoms with Crippen LogP contribution in [-0.4, -0.2) is 46.0 Å². The topological polar surface area (TPSA) is 75.0 Å². The standard InChI is InChI=1S/C19H22N4O2/c1-23-8-6-13(7-9-23)16-11-20-17-3-2-14(10-15(16)17)18(24)4-5-19-22-21-12-25-19/h2-3,10-13,20H,4-9H2,1H3. The molecule has 6 heteroatoms. The van der Waals surface area contributed by atoms with Crippen molar-refractivity contribution in [2.24, 2.45) is 0 Å². The molecule has 0 atom stereocenters. The molecule has 0 radical (unpaired) electrons. The van der Waals surface area contributed by atoms with Gasteiger partial charge in [0.2, 0.25) is 12.3 Å². The van der Waals surface area contributed by atoms with Crippen LogP contribution in [0.5, 0.6) is 0 Å². The molecule has 4 rings (SSSR count). The second-order valence-electron chi connectivity index (χ2n) is 6.84. The van der Waals surface area contributed by atoms with Gasteiger partial charge in [-0.25, -0.2) is 0 Å². The fourth-order valence-corrected chi connectivity index (χ4v) is 3.64. The van der Waals surface area contributed by atoms with Gasteiger partial charge in [0.05, 0.1) is 0 Å². The largest absolute Gasteiger partial charge is 0.428 e. The third-order valence-corrected chi connectivity index (χ3v) is 5.17. The summed E-state index contributed by atoms with van der Waals surface area (Å²) in [5.41, 5.74) is 3.19. The summed E-state index contributed by atoms with van der Waals surface area (Å²) >= 11 is 0. The number of nitrogens with zero attached hydrogens (tertiary/aromatic N) is 3. The van der Waals surface area contributed by atoms with Gasteiger partial charge in [0.15, 0.2) is 5.78 Å². The number of H-pyrrole nitrogens is 1. The number of aromatic amines is 1. The molecule has 3 aromatic rings. The van der Waals surface area contributed by atoms with E-state index in [0.717, 1.165) is 24.2 Å². The second-order valence-corrected chi connectivity index (χ2v) is 6.84. The Hall–Kier alpha value is -2.47. The SMILES string of the molecule is CN1CCC(c2c[nH]c3ccc(C(=O)CCc4nnco4)cc23)CC1. The molecule has 3 heterocycles. The molecule has 0 unspecified atom stereocenters. The number of aromatic nitrogens is 3. The number of ketones is 1. The van der Waals surface area contributed by atoms with E-state index in [4.69, 9.17) is 4.42 Å². The predicted molar refractivity (Wildman–Crippen MR) is 94.7 cm³/mol. The zero-order valence-electron chi connectivity index (χ0n) is 14.4. The second kappa shape index (κ2) is 6.80. The lowest BCUT2D eigenvalue weighted by molar-refractivity contribution is 0.0980. The molecule has 0 saturated carbocycles. The molecule has 0 bridgehead atoms. The van der Waals surface area contributed by atoms with E-state index in [9.17, 15) is 4.79 Å². The first-order valence-corrected chi connectivity index (χ1v) is 8.78. The maximum absolute atomic E-state index is 12.5. The molecule has 1 aliphatic rings. The molecule has 0 aliphatic carbocycles. The third kappa shape index (κ3) is 3.35. The number of nitrogens with one attached hydrogen (secondary N) is 1. The monoisotopic (exact) mass is 338 g/mol. The Morgan fingerprint density at radius 2 is 2.20 bits per heavy atom. The van der Waals surface area contributed by atoms with Crippen molar-refractivity contribution in [2.75, 3.05) is 20.1 Å². The molecule has 1 saturated heterocycles. The zero-order chi connectivity index (χ0) is 17.2. The molecule has 1 fully saturated rings. The first-order valence-electron chi connectivity index (χ1n) is 8.78. The van der Waals surface area contributed by atoms with E-state index >= 15 is 0 Å². The van der Waals surface area contributed by atoms with E-state index in [0.29, 0.717) is 24.7 Å². The normalized spacial score (nSPS) is 16.5. The van der Waals surface area contributed by atoms with Gasteiger partial charge in [-0.15, -0.1) is 10.2 Å². The highest BCUT2D eigenvalue weighted by Gasteiger charge is 2.21. The molecule has 6 nitrogen and oxygen atoms in total. The van der Waals surface area contributed by atoms with Crippen LogP contribution in [0.25, 0.3) is 10.9 Å². The number of hydrogen-bond acceptors (Lipinski definition) is 5. The van der Waals surface area contributed by atoms with Crippen molar-refractivity contribution in [2.45, 2.75) is 31.6 Å². The number of carbonyl (C=O) groups excluding carboxylic acids is 1. The van der Waals surface area contributed by atoms with Gasteiger partial charge in [-0.2, -0.15) is 0 Å². The summed E-state index contributed by atoms with van der Waals surface area (Å²) in [6, 6.07) is 5.94. The first-order chi connectivity index (χ1) is 12.2. The molecular weight excluding hydrogens is 316 g/mol. The average molecular weight is 338 g/mol. The Labute approximate surface area is 146 Å². The average Bonchev–Trinajstić information content (AvgIpc) is 3.29. The fourth-order valence-electron chi connectivity index (χ4n) is 3.64. The third-order valence-electron chi connectivity index (χ3n) is 5.17. The number of aryl methyl sites for hydroxylation is 1. The minimum atomic E-state index is 0.107. The van der Waals surface area contributed by atoms with Crippen LogP contribution in [0.1, 0.15) is 47.0 Å². The minimum absolute atomic E-state index is 0.107. The van der Waals surface area contributed by atoms with Gasteiger partial charge in [-0.05, 0) is 62.7 Å². The van der Waals surface area contributed by atoms with Crippen LogP contribution in [0.4, 0.5) is 0 Å². The maximum Gasteiger partial charge on any atom is 0.216 e. The van der Waals surface area contributed by atoms with Crippen molar-refractivity contribution in [1.29, 1.82) is 0 Å². The molecule has 1 aliphatic heterocycles. The molecule has 25 heavy (non-hydrogen) atoms. The van der Waals surface area contributed by atoms with Gasteiger partial charge in [0.25, 0.3) is 0 Å². The fraction of sp³-hybridized carbons (Fsp3) is 0.421. The van der Waals surface area contributed by atoms with Gasteiger partial charge >= 0.3 is 0 Å². The Bertz CT molecular complexity index is 861. The van der Waals surface area contributed by atoms with Crippen molar-refractivity contribution in [3.63, 3.8) is 0 Å². The molecule has 130 valence electrons. The van der Waals surface area contributed by atoms with Crippen molar-refractivity contribution < 1.29 is 9.21 Å². The summed E-state index contributed by atoms with van der Waals surface area (Å²) in [7, 11) is 2.17. The number of piperidine rings is 1. The van der Waals surface area contributed by atoms with Crippen molar-refractivity contribution in [3.8, 4) is 0 Å². The Balaban J connectivity index is 1.54. The number of carbonyl (C=O) groups is 1. The molecule has 0 amide bonds. The predicted octanol–water partition coefficient (Wildman–Crippen LogP) is 3.18. The van der Waals surface area contributed by atoms with Crippen LogP contribution in [0.3, 0.4) is 0 Å². The van der Waals surface area contributed by atoms with E-state index < -0.39 is 0 Å². The summed E-state index contributed by atoms with van der Waals surface area (Å²) in [5, 5.41) is 8.65. The van der Waals surface area contributed by atoms with E-state index in [1.807, 2.05) is 18.2 Å². The maximum atomic E-state index is 12.5. The van der Waals surface area contributed by atoms with E-state index in [1.54, 1.807) is 0 Å². The van der Waals surface area contributed by atoms with Crippen LogP contribution in [0, 0.1) is 0 Å². The molecule has 1 aromatic carbocycles. The Kier molecular flexibility index (Phi) is 4.36. The highest BCUT2D eigenvalue weighted by atomic mass is 16.4. The molecular formula is C19H22N4O2. The molecule has 1 N–H and O–H groups in total. The van der Waals surface area contributed by atoms with Gasteiger partial charge in [-0.3, -0.25) is 4.79 Å². The summed E-state index contributed by atoms with van der Waals surface area (Å²) in [6.07, 6.45) is 6.60. The minimum Gasteiger partial charge on any atom is -0.428 e. The van der Waals surface area contributed by atoms with Gasteiger partial charge in [0.1, 0.15) is 0 Å². The number of benzene rings is 1. The van der Waals surface area contributed by atoms with Crippen LogP contribution in [-0.2, 0) is 6.42 Å². The van der Waals surface area contributed by atoms with Crippen LogP contribution >= 0.6 is 0 Å². The van der Waals surface area contributed by atoms with Gasteiger partial charge in [0, 0.05) is 35.5 Å². The lowest BCUT2D eigenvalue weighted by Gasteiger charge is -2.28. The van der Waals surface area contributed by atoms with Crippen LogP contribution in [0.15, 0.2) is 35.2 Å². The van der Waals surface area contributed by atoms with E-state index in [2.05, 4.69) is 33.3 Å². The van der Waals surface area contributed by atoms with Crippen molar-refractivity contribution in [1.82, 2.24) is 20.1 Å². The summed E-state index contributed by atoms with van der Waals surface area (Å²) in [4.78, 5) is 18.3. The lowest BCUT2D eigenvalue weighted by Crippen LogP contribution is -2.29. The summed E-state index contributed by atoms with van der Waals surface area (Å²) in [5.74, 6) is 1.17. The number of fused-ring (bicyclic) bond motifs is 1.